The van der Waals surface area contributed by atoms with Gasteiger partial charge in [-0.25, -0.2) is 0 Å². The van der Waals surface area contributed by atoms with Gasteiger partial charge in [0, 0.05) is 92.4 Å². The lowest BCUT2D eigenvalue weighted by Gasteiger charge is -2.30. The minimum atomic E-state index is -1.27. The van der Waals surface area contributed by atoms with Crippen molar-refractivity contribution < 1.29 is 80.2 Å². The molecule has 12 N–H and O–H groups in total. The van der Waals surface area contributed by atoms with Gasteiger partial charge in [-0.15, -0.1) is 0 Å². The molecule has 1 aliphatic carbocycles. The molecular weight excluding hydrogens is 929 g/mol. The van der Waals surface area contributed by atoms with E-state index in [4.69, 9.17) is 18.9 Å². The molecule has 0 saturated heterocycles. The van der Waals surface area contributed by atoms with E-state index in [0.29, 0.717) is 22.3 Å². The molecule has 9 rings (SSSR count). The summed E-state index contributed by atoms with van der Waals surface area (Å²) in [4.78, 5) is 0. The highest BCUT2D eigenvalue weighted by molar-refractivity contribution is 5.68. The Morgan fingerprint density at radius 3 is 0.542 bits per heavy atom. The Balaban J connectivity index is 1.50. The van der Waals surface area contributed by atoms with Crippen LogP contribution < -0.4 is 18.9 Å². The van der Waals surface area contributed by atoms with Crippen LogP contribution in [0, 0.1) is 0 Å². The summed E-state index contributed by atoms with van der Waals surface area (Å²) in [5.41, 5.74) is 1.38. The van der Waals surface area contributed by atoms with E-state index in [9.17, 15) is 61.3 Å². The van der Waals surface area contributed by atoms with Gasteiger partial charge in [-0.1, -0.05) is 24.3 Å². The molecule has 72 heavy (non-hydrogen) atoms. The van der Waals surface area contributed by atoms with Crippen molar-refractivity contribution >= 4 is 0 Å². The van der Waals surface area contributed by atoms with Gasteiger partial charge >= 0.3 is 0 Å². The molecule has 8 aromatic carbocycles. The van der Waals surface area contributed by atoms with Gasteiger partial charge in [-0.2, -0.15) is 0 Å². The summed E-state index contributed by atoms with van der Waals surface area (Å²) < 4.78 is 22.0. The molecule has 16 heteroatoms. The summed E-state index contributed by atoms with van der Waals surface area (Å²) >= 11 is 0. The number of ether oxygens (including phenoxy) is 4. The third-order valence-electron chi connectivity index (χ3n) is 13.3. The monoisotopic (exact) mass is 976 g/mol. The summed E-state index contributed by atoms with van der Waals surface area (Å²) in [5.74, 6) is -10.0. The SMILES string of the molecule is COc1cc(C2c3cc(c(O)cc3O)C(c3ccc(O)c(OC)c3)c3cc(c(O)cc3O)C(c3ccc(O)c(OC)c3)c3cc(c(O)cc3O)C(c3ccc(O)c(OC)c3)c3cc2c(O)cc3O)ccc1O. The summed E-state index contributed by atoms with van der Waals surface area (Å²) in [5, 5.41) is 140. The quantitative estimate of drug-likeness (QED) is 0.0676. The van der Waals surface area contributed by atoms with Gasteiger partial charge in [0.15, 0.2) is 46.0 Å². The fourth-order valence-electron chi connectivity index (χ4n) is 9.90. The Bertz CT molecular complexity index is 2890. The van der Waals surface area contributed by atoms with Gasteiger partial charge in [0.1, 0.15) is 46.0 Å². The van der Waals surface area contributed by atoms with Crippen molar-refractivity contribution in [2.45, 2.75) is 23.7 Å². The van der Waals surface area contributed by atoms with Crippen molar-refractivity contribution in [1.82, 2.24) is 0 Å². The Hall–Kier alpha value is -9.44. The molecule has 0 saturated carbocycles. The van der Waals surface area contributed by atoms with Crippen LogP contribution in [0.3, 0.4) is 0 Å². The van der Waals surface area contributed by atoms with Crippen molar-refractivity contribution in [3.05, 3.63) is 188 Å². The van der Waals surface area contributed by atoms with Gasteiger partial charge in [0.25, 0.3) is 0 Å². The predicted molar refractivity (Wildman–Crippen MR) is 262 cm³/mol. The van der Waals surface area contributed by atoms with Crippen LogP contribution in [-0.4, -0.2) is 89.7 Å². The highest BCUT2D eigenvalue weighted by Gasteiger charge is 2.36. The number of hydrogen-bond acceptors (Lipinski definition) is 16. The van der Waals surface area contributed by atoms with Crippen LogP contribution >= 0.6 is 0 Å². The smallest absolute Gasteiger partial charge is 0.160 e. The van der Waals surface area contributed by atoms with Crippen molar-refractivity contribution in [3.63, 3.8) is 0 Å². The Labute approximate surface area is 411 Å². The van der Waals surface area contributed by atoms with Crippen molar-refractivity contribution in [1.29, 1.82) is 0 Å². The number of benzene rings is 8. The maximum Gasteiger partial charge on any atom is 0.160 e. The summed E-state index contributed by atoms with van der Waals surface area (Å²) in [6, 6.07) is 27.3. The van der Waals surface area contributed by atoms with E-state index >= 15 is 0 Å². The molecule has 0 atom stereocenters. The standard InChI is InChI=1S/C56H48O16/c1-69-49-13-25(5-9-37(49)57)53-29-17-31(43(63)21-41(29)61)54(26-6-10-38(58)50(14-26)70-2)33-19-35(47(67)23-45(33)65)56(28-8-12-40(60)52(16-28)72-4)36-20-34(46(66)24-48(36)68)55(27-7-11-39(59)51(15-27)71-3)32-18-30(53)42(62)22-44(32)64/h5-24,53-68H,1-4H3. The molecule has 0 spiro atoms. The molecule has 368 valence electrons. The second-order valence-corrected chi connectivity index (χ2v) is 17.3. The zero-order valence-electron chi connectivity index (χ0n) is 38.9. The topological polar surface area (TPSA) is 280 Å². The highest BCUT2D eigenvalue weighted by atomic mass is 16.5. The van der Waals surface area contributed by atoms with E-state index in [1.165, 1.54) is 126 Å². The third kappa shape index (κ3) is 8.13. The third-order valence-corrected chi connectivity index (χ3v) is 13.3. The fourth-order valence-corrected chi connectivity index (χ4v) is 9.90. The first-order chi connectivity index (χ1) is 34.5. The van der Waals surface area contributed by atoms with Crippen LogP contribution in [0.5, 0.6) is 92.0 Å². The maximum absolute atomic E-state index is 12.1. The first-order valence-corrected chi connectivity index (χ1v) is 22.2. The van der Waals surface area contributed by atoms with E-state index in [2.05, 4.69) is 0 Å². The zero-order valence-corrected chi connectivity index (χ0v) is 38.9. The Morgan fingerprint density at radius 1 is 0.222 bits per heavy atom. The average molecular weight is 977 g/mol. The number of rotatable bonds is 8. The normalized spacial score (nSPS) is 16.2. The van der Waals surface area contributed by atoms with Gasteiger partial charge in [0.2, 0.25) is 0 Å². The van der Waals surface area contributed by atoms with Crippen molar-refractivity contribution in [2.75, 3.05) is 28.4 Å². The molecule has 8 aromatic rings. The summed E-state index contributed by atoms with van der Waals surface area (Å²) in [6.45, 7) is 0. The van der Waals surface area contributed by atoms with Crippen molar-refractivity contribution in [2.24, 2.45) is 0 Å². The molecular formula is C56H48O16. The number of phenols is 12. The number of fused-ring (bicyclic) bond motifs is 8. The van der Waals surface area contributed by atoms with Gasteiger partial charge in [-0.3, -0.25) is 0 Å². The van der Waals surface area contributed by atoms with Gasteiger partial charge in [0.05, 0.1) is 28.4 Å². The van der Waals surface area contributed by atoms with Gasteiger partial charge in [-0.05, 0) is 95.1 Å². The predicted octanol–water partition coefficient (Wildman–Crippen LogP) is 9.22. The number of aromatic hydroxyl groups is 12. The molecule has 0 aromatic heterocycles. The second kappa shape index (κ2) is 18.5. The first-order valence-electron chi connectivity index (χ1n) is 22.2. The fraction of sp³-hybridized carbons (Fsp3) is 0.143. The molecule has 0 radical (unpaired) electrons. The molecule has 0 aliphatic heterocycles. The molecule has 0 amide bonds. The maximum atomic E-state index is 12.1. The molecule has 0 fully saturated rings. The van der Waals surface area contributed by atoms with Crippen LogP contribution in [0.15, 0.2) is 121 Å². The van der Waals surface area contributed by atoms with E-state index in [1.807, 2.05) is 0 Å². The van der Waals surface area contributed by atoms with E-state index < -0.39 is 69.7 Å². The largest absolute Gasteiger partial charge is 0.507 e. The van der Waals surface area contributed by atoms with E-state index in [-0.39, 0.29) is 90.5 Å². The lowest BCUT2D eigenvalue weighted by Crippen LogP contribution is -2.13. The molecule has 1 aliphatic rings. The number of methoxy groups -OCH3 is 4. The van der Waals surface area contributed by atoms with Crippen LogP contribution in [0.4, 0.5) is 0 Å². The van der Waals surface area contributed by atoms with Crippen LogP contribution in [0.1, 0.15) is 90.4 Å². The van der Waals surface area contributed by atoms with Gasteiger partial charge < -0.3 is 80.2 Å². The lowest BCUT2D eigenvalue weighted by atomic mass is 9.75. The molecule has 8 bridgehead atoms. The molecule has 0 heterocycles. The Morgan fingerprint density at radius 2 is 0.389 bits per heavy atom. The van der Waals surface area contributed by atoms with E-state index in [1.54, 1.807) is 0 Å². The second-order valence-electron chi connectivity index (χ2n) is 17.3. The van der Waals surface area contributed by atoms with Crippen molar-refractivity contribution in [3.8, 4) is 92.0 Å². The molecule has 0 unspecified atom stereocenters. The minimum absolute atomic E-state index is 0.00338. The Kier molecular flexibility index (Phi) is 12.2. The van der Waals surface area contributed by atoms with Crippen LogP contribution in [0.25, 0.3) is 0 Å². The number of hydrogen-bond donors (Lipinski definition) is 12. The first kappa shape index (κ1) is 47.6. The number of phenolic OH excluding ortho intramolecular Hbond substituents is 12. The molecule has 16 nitrogen and oxygen atoms in total. The van der Waals surface area contributed by atoms with E-state index in [0.717, 1.165) is 24.3 Å². The summed E-state index contributed by atoms with van der Waals surface area (Å²) in [6.07, 6.45) is 0. The minimum Gasteiger partial charge on any atom is -0.507 e. The highest BCUT2D eigenvalue weighted by Crippen LogP contribution is 2.55. The zero-order chi connectivity index (χ0) is 51.4. The van der Waals surface area contributed by atoms with Crippen LogP contribution in [0.2, 0.25) is 0 Å². The average Bonchev–Trinajstić information content (AvgIpc) is 3.35. The summed E-state index contributed by atoms with van der Waals surface area (Å²) in [7, 11) is 5.32. The van der Waals surface area contributed by atoms with Crippen LogP contribution in [-0.2, 0) is 0 Å². The lowest BCUT2D eigenvalue weighted by molar-refractivity contribution is 0.372.